The molecular weight excluding hydrogens is 394 g/mol. The lowest BCUT2D eigenvalue weighted by atomic mass is 10.1. The summed E-state index contributed by atoms with van der Waals surface area (Å²) in [5, 5.41) is 13.1. The molecule has 1 aromatic heterocycles. The minimum absolute atomic E-state index is 0.0772. The second-order valence-electron chi connectivity index (χ2n) is 5.73. The Labute approximate surface area is 164 Å². The van der Waals surface area contributed by atoms with Gasteiger partial charge in [0.2, 0.25) is 11.7 Å². The van der Waals surface area contributed by atoms with Crippen LogP contribution in [0.3, 0.4) is 0 Å². The van der Waals surface area contributed by atoms with Gasteiger partial charge in [-0.1, -0.05) is 11.6 Å². The zero-order chi connectivity index (χ0) is 20.8. The highest BCUT2D eigenvalue weighted by Crippen LogP contribution is 2.32. The third-order valence-corrected chi connectivity index (χ3v) is 3.82. The predicted molar refractivity (Wildman–Crippen MR) is 97.8 cm³/mol. The third-order valence-electron chi connectivity index (χ3n) is 3.51. The van der Waals surface area contributed by atoms with Gasteiger partial charge < -0.3 is 19.4 Å². The third kappa shape index (κ3) is 5.30. The van der Waals surface area contributed by atoms with Gasteiger partial charge in [0.05, 0.1) is 16.5 Å². The molecule has 0 spiro atoms. The normalized spacial score (nSPS) is 10.2. The summed E-state index contributed by atoms with van der Waals surface area (Å²) in [5.74, 6) is -1.82. The lowest BCUT2D eigenvalue weighted by Crippen LogP contribution is -2.38. The Morgan fingerprint density at radius 2 is 1.96 bits per heavy atom. The van der Waals surface area contributed by atoms with Crippen molar-refractivity contribution in [3.05, 3.63) is 51.2 Å². The maximum atomic E-state index is 12.0. The molecule has 2 rings (SSSR count). The largest absolute Gasteiger partial charge is 0.450 e. The molecule has 0 saturated carbocycles. The molecule has 0 atom stereocenters. The van der Waals surface area contributed by atoms with Crippen LogP contribution < -0.4 is 5.32 Å². The van der Waals surface area contributed by atoms with Crippen LogP contribution in [0.1, 0.15) is 10.6 Å². The van der Waals surface area contributed by atoms with Crippen LogP contribution in [-0.2, 0) is 14.3 Å². The number of furan rings is 1. The van der Waals surface area contributed by atoms with E-state index in [9.17, 15) is 24.5 Å². The van der Waals surface area contributed by atoms with Crippen molar-refractivity contribution >= 4 is 35.1 Å². The van der Waals surface area contributed by atoms with Gasteiger partial charge in [-0.2, -0.15) is 0 Å². The van der Waals surface area contributed by atoms with E-state index in [1.807, 2.05) is 0 Å². The van der Waals surface area contributed by atoms with Crippen molar-refractivity contribution < 1.29 is 28.5 Å². The maximum absolute atomic E-state index is 12.0. The molecule has 10 nitrogen and oxygen atoms in total. The number of nitro groups is 1. The quantitative estimate of drug-likeness (QED) is 0.419. The number of non-ortho nitro benzene ring substituents is 1. The predicted octanol–water partition coefficient (Wildman–Crippen LogP) is 1.87. The Bertz CT molecular complexity index is 923. The molecule has 2 aromatic rings. The molecule has 148 valence electrons. The summed E-state index contributed by atoms with van der Waals surface area (Å²) >= 11 is 6.02. The summed E-state index contributed by atoms with van der Waals surface area (Å²) in [6, 6.07) is 6.57. The molecule has 1 heterocycles. The number of ether oxygens (including phenoxy) is 1. The number of nitro benzene ring substituents is 1. The standard InChI is InChI=1S/C17H16ClN3O7/c1-20(2)16(23)8-19-15(22)9-27-17(24)14-6-5-13(28-14)11-4-3-10(21(25)26)7-12(11)18/h3-7H,8-9H2,1-2H3,(H,19,22). The van der Waals surface area contributed by atoms with Gasteiger partial charge >= 0.3 is 5.97 Å². The number of halogens is 1. The Morgan fingerprint density at radius 3 is 2.57 bits per heavy atom. The molecule has 0 fully saturated rings. The number of nitrogens with zero attached hydrogens (tertiary/aromatic N) is 2. The van der Waals surface area contributed by atoms with Crippen molar-refractivity contribution in [2.75, 3.05) is 27.2 Å². The Kier molecular flexibility index (Phi) is 6.72. The van der Waals surface area contributed by atoms with Crippen LogP contribution in [0.25, 0.3) is 11.3 Å². The Hall–Kier alpha value is -3.40. The van der Waals surface area contributed by atoms with Gasteiger partial charge in [0.15, 0.2) is 6.61 Å². The van der Waals surface area contributed by atoms with E-state index in [2.05, 4.69) is 5.32 Å². The van der Waals surface area contributed by atoms with Crippen molar-refractivity contribution in [3.8, 4) is 11.3 Å². The molecule has 0 bridgehead atoms. The molecule has 1 aromatic carbocycles. The summed E-state index contributed by atoms with van der Waals surface area (Å²) in [7, 11) is 3.08. The molecule has 0 aliphatic carbocycles. The van der Waals surface area contributed by atoms with Crippen LogP contribution in [0.5, 0.6) is 0 Å². The molecule has 11 heteroatoms. The van der Waals surface area contributed by atoms with Crippen LogP contribution in [0.15, 0.2) is 34.7 Å². The first-order valence-corrected chi connectivity index (χ1v) is 8.25. The highest BCUT2D eigenvalue weighted by atomic mass is 35.5. The molecule has 1 N–H and O–H groups in total. The summed E-state index contributed by atoms with van der Waals surface area (Å²) in [4.78, 5) is 46.4. The smallest absolute Gasteiger partial charge is 0.374 e. The number of esters is 1. The van der Waals surface area contributed by atoms with E-state index >= 15 is 0 Å². The number of carbonyl (C=O) groups is 3. The van der Waals surface area contributed by atoms with E-state index < -0.39 is 23.4 Å². The molecular formula is C17H16ClN3O7. The van der Waals surface area contributed by atoms with Gasteiger partial charge in [-0.05, 0) is 18.2 Å². The highest BCUT2D eigenvalue weighted by molar-refractivity contribution is 6.33. The average Bonchev–Trinajstić information content (AvgIpc) is 3.13. The summed E-state index contributed by atoms with van der Waals surface area (Å²) in [6.45, 7) is -0.805. The van der Waals surface area contributed by atoms with Gasteiger partial charge in [-0.3, -0.25) is 19.7 Å². The summed E-state index contributed by atoms with van der Waals surface area (Å²) in [6.07, 6.45) is 0. The topological polar surface area (TPSA) is 132 Å². The first kappa shape index (κ1) is 20.9. The van der Waals surface area contributed by atoms with Crippen molar-refractivity contribution in [3.63, 3.8) is 0 Å². The number of nitrogens with one attached hydrogen (secondary N) is 1. The fourth-order valence-electron chi connectivity index (χ4n) is 2.00. The van der Waals surface area contributed by atoms with Crippen LogP contribution in [0.4, 0.5) is 5.69 Å². The van der Waals surface area contributed by atoms with Gasteiger partial charge in [-0.15, -0.1) is 0 Å². The molecule has 28 heavy (non-hydrogen) atoms. The number of hydrogen-bond acceptors (Lipinski definition) is 7. The fourth-order valence-corrected chi connectivity index (χ4v) is 2.26. The zero-order valence-electron chi connectivity index (χ0n) is 14.9. The van der Waals surface area contributed by atoms with E-state index in [1.165, 1.54) is 29.2 Å². The molecule has 0 unspecified atom stereocenters. The van der Waals surface area contributed by atoms with Crippen molar-refractivity contribution in [2.45, 2.75) is 0 Å². The minimum atomic E-state index is -0.890. The van der Waals surface area contributed by atoms with Gasteiger partial charge in [0, 0.05) is 31.8 Å². The number of amides is 2. The maximum Gasteiger partial charge on any atom is 0.374 e. The van der Waals surface area contributed by atoms with Crippen LogP contribution in [0.2, 0.25) is 5.02 Å². The molecule has 2 amide bonds. The van der Waals surface area contributed by atoms with Gasteiger partial charge in [-0.25, -0.2) is 4.79 Å². The van der Waals surface area contributed by atoms with Crippen molar-refractivity contribution in [1.82, 2.24) is 10.2 Å². The first-order chi connectivity index (χ1) is 13.2. The van der Waals surface area contributed by atoms with Crippen LogP contribution >= 0.6 is 11.6 Å². The van der Waals surface area contributed by atoms with Crippen molar-refractivity contribution in [2.24, 2.45) is 0 Å². The second kappa shape index (κ2) is 9.00. The number of hydrogen-bond donors (Lipinski definition) is 1. The fraction of sp³-hybridized carbons (Fsp3) is 0.235. The van der Waals surface area contributed by atoms with E-state index in [-0.39, 0.29) is 34.7 Å². The van der Waals surface area contributed by atoms with E-state index in [4.69, 9.17) is 20.8 Å². The molecule has 0 saturated heterocycles. The molecule has 0 aliphatic heterocycles. The Morgan fingerprint density at radius 1 is 1.25 bits per heavy atom. The van der Waals surface area contributed by atoms with Crippen molar-refractivity contribution in [1.29, 1.82) is 0 Å². The van der Waals surface area contributed by atoms with E-state index in [1.54, 1.807) is 14.1 Å². The zero-order valence-corrected chi connectivity index (χ0v) is 15.7. The highest BCUT2D eigenvalue weighted by Gasteiger charge is 2.18. The SMILES string of the molecule is CN(C)C(=O)CNC(=O)COC(=O)c1ccc(-c2ccc([N+](=O)[O-])cc2Cl)o1. The summed E-state index contributed by atoms with van der Waals surface area (Å²) < 4.78 is 10.2. The molecule has 0 aliphatic rings. The van der Waals surface area contributed by atoms with E-state index in [0.717, 1.165) is 6.07 Å². The minimum Gasteiger partial charge on any atom is -0.450 e. The number of rotatable bonds is 7. The monoisotopic (exact) mass is 409 g/mol. The summed E-state index contributed by atoms with van der Waals surface area (Å²) in [5.41, 5.74) is 0.171. The number of benzene rings is 1. The lowest BCUT2D eigenvalue weighted by molar-refractivity contribution is -0.384. The first-order valence-electron chi connectivity index (χ1n) is 7.87. The second-order valence-corrected chi connectivity index (χ2v) is 6.13. The lowest BCUT2D eigenvalue weighted by Gasteiger charge is -2.10. The van der Waals surface area contributed by atoms with Gasteiger partial charge in [0.1, 0.15) is 5.76 Å². The number of carbonyl (C=O) groups excluding carboxylic acids is 3. The van der Waals surface area contributed by atoms with Crippen LogP contribution in [-0.4, -0.2) is 54.9 Å². The molecule has 0 radical (unpaired) electrons. The van der Waals surface area contributed by atoms with Gasteiger partial charge in [0.25, 0.3) is 11.6 Å². The number of likely N-dealkylation sites (N-methyl/N-ethyl adjacent to an activating group) is 1. The van der Waals surface area contributed by atoms with E-state index in [0.29, 0.717) is 5.56 Å². The Balaban J connectivity index is 1.96. The average molecular weight is 410 g/mol. The van der Waals surface area contributed by atoms with Crippen LogP contribution in [0, 0.1) is 10.1 Å².